The van der Waals surface area contributed by atoms with Crippen LogP contribution in [0.4, 0.5) is 0 Å². The molecular weight excluding hydrogens is 348 g/mol. The third kappa shape index (κ3) is 3.06. The summed E-state index contributed by atoms with van der Waals surface area (Å²) in [6.07, 6.45) is 10.8. The van der Waals surface area contributed by atoms with Gasteiger partial charge in [-0.3, -0.25) is 4.79 Å². The Morgan fingerprint density at radius 2 is 2.00 bits per heavy atom. The number of H-pyrrole nitrogens is 1. The van der Waals surface area contributed by atoms with E-state index in [1.807, 2.05) is 0 Å². The number of imidazole rings is 1. The van der Waals surface area contributed by atoms with Crippen LogP contribution in [0.15, 0.2) is 30.6 Å². The summed E-state index contributed by atoms with van der Waals surface area (Å²) >= 11 is 0. The van der Waals surface area contributed by atoms with Gasteiger partial charge in [-0.2, -0.15) is 0 Å². The highest BCUT2D eigenvalue weighted by Crippen LogP contribution is 2.39. The second-order valence-electron chi connectivity index (χ2n) is 8.74. The lowest BCUT2D eigenvalue weighted by Crippen LogP contribution is -2.55. The van der Waals surface area contributed by atoms with Crippen LogP contribution < -0.4 is 5.32 Å². The Bertz CT molecular complexity index is 829. The molecule has 5 heteroatoms. The Labute approximate surface area is 166 Å². The summed E-state index contributed by atoms with van der Waals surface area (Å²) in [7, 11) is 0. The molecule has 2 aromatic rings. The maximum Gasteiger partial charge on any atom is 0.227 e. The van der Waals surface area contributed by atoms with Gasteiger partial charge >= 0.3 is 0 Å². The number of aromatic amines is 1. The molecule has 1 spiro atoms. The molecule has 2 fully saturated rings. The van der Waals surface area contributed by atoms with E-state index in [2.05, 4.69) is 44.5 Å². The largest absolute Gasteiger partial charge is 0.348 e. The minimum Gasteiger partial charge on any atom is -0.348 e. The van der Waals surface area contributed by atoms with Crippen molar-refractivity contribution in [2.24, 2.45) is 0 Å². The maximum absolute atomic E-state index is 13.3. The quantitative estimate of drug-likeness (QED) is 0.862. The molecule has 5 nitrogen and oxygen atoms in total. The monoisotopic (exact) mass is 378 g/mol. The van der Waals surface area contributed by atoms with Gasteiger partial charge in [-0.25, -0.2) is 4.98 Å². The van der Waals surface area contributed by atoms with Crippen LogP contribution >= 0.6 is 0 Å². The fourth-order valence-corrected chi connectivity index (χ4v) is 5.57. The molecule has 1 unspecified atom stereocenters. The lowest BCUT2D eigenvalue weighted by molar-refractivity contribution is -0.137. The third-order valence-corrected chi connectivity index (χ3v) is 7.11. The normalized spacial score (nSPS) is 25.2. The highest BCUT2D eigenvalue weighted by Gasteiger charge is 2.48. The lowest BCUT2D eigenvalue weighted by atomic mass is 9.83. The van der Waals surface area contributed by atoms with Gasteiger partial charge in [0.1, 0.15) is 5.54 Å². The first kappa shape index (κ1) is 17.9. The standard InChI is InChI=1S/C23H30N4O/c28-21(14-17-6-8-19(9-7-17)18-4-2-1-3-5-18)27-13-10-20-22(26-16-25-20)23(27)11-12-24-15-23/h6-9,16,18,24H,1-5,10-15H2,(H,25,26). The van der Waals surface area contributed by atoms with Gasteiger partial charge in [-0.1, -0.05) is 43.5 Å². The van der Waals surface area contributed by atoms with Gasteiger partial charge in [-0.05, 0) is 42.9 Å². The second-order valence-corrected chi connectivity index (χ2v) is 8.74. The van der Waals surface area contributed by atoms with E-state index in [4.69, 9.17) is 0 Å². The molecule has 5 rings (SSSR count). The molecule has 1 saturated heterocycles. The van der Waals surface area contributed by atoms with Crippen LogP contribution in [-0.2, 0) is 23.2 Å². The molecule has 3 heterocycles. The van der Waals surface area contributed by atoms with Gasteiger partial charge < -0.3 is 15.2 Å². The number of hydrogen-bond acceptors (Lipinski definition) is 3. The van der Waals surface area contributed by atoms with Crippen molar-refractivity contribution >= 4 is 5.91 Å². The van der Waals surface area contributed by atoms with E-state index in [9.17, 15) is 4.79 Å². The van der Waals surface area contributed by atoms with Gasteiger partial charge in [0.05, 0.1) is 18.4 Å². The number of carbonyl (C=O) groups excluding carboxylic acids is 1. The summed E-state index contributed by atoms with van der Waals surface area (Å²) < 4.78 is 0. The number of aromatic nitrogens is 2. The number of rotatable bonds is 3. The molecule has 0 bridgehead atoms. The van der Waals surface area contributed by atoms with E-state index < -0.39 is 0 Å². The van der Waals surface area contributed by atoms with Crippen molar-refractivity contribution in [3.05, 3.63) is 53.1 Å². The Morgan fingerprint density at radius 3 is 2.75 bits per heavy atom. The molecule has 28 heavy (non-hydrogen) atoms. The van der Waals surface area contributed by atoms with Crippen molar-refractivity contribution in [1.29, 1.82) is 0 Å². The van der Waals surface area contributed by atoms with Gasteiger partial charge in [0.15, 0.2) is 0 Å². The minimum atomic E-state index is -0.271. The average molecular weight is 379 g/mol. The zero-order chi connectivity index (χ0) is 19.0. The predicted molar refractivity (Wildman–Crippen MR) is 109 cm³/mol. The molecule has 0 radical (unpaired) electrons. The minimum absolute atomic E-state index is 0.225. The Kier molecular flexibility index (Phi) is 4.71. The fourth-order valence-electron chi connectivity index (χ4n) is 5.57. The van der Waals surface area contributed by atoms with E-state index in [-0.39, 0.29) is 11.4 Å². The first-order valence-corrected chi connectivity index (χ1v) is 10.9. The average Bonchev–Trinajstić information content (AvgIpc) is 3.40. The van der Waals surface area contributed by atoms with Crippen LogP contribution in [0.5, 0.6) is 0 Å². The van der Waals surface area contributed by atoms with Crippen LogP contribution in [0.25, 0.3) is 0 Å². The number of nitrogens with one attached hydrogen (secondary N) is 2. The van der Waals surface area contributed by atoms with E-state index in [1.54, 1.807) is 6.33 Å². The van der Waals surface area contributed by atoms with Crippen LogP contribution in [0.1, 0.15) is 67.0 Å². The number of nitrogens with zero attached hydrogens (tertiary/aromatic N) is 2. The number of benzene rings is 1. The van der Waals surface area contributed by atoms with Gasteiger partial charge in [0.2, 0.25) is 5.91 Å². The van der Waals surface area contributed by atoms with E-state index >= 15 is 0 Å². The predicted octanol–water partition coefficient (Wildman–Crippen LogP) is 3.27. The zero-order valence-corrected chi connectivity index (χ0v) is 16.5. The van der Waals surface area contributed by atoms with Gasteiger partial charge in [-0.15, -0.1) is 0 Å². The van der Waals surface area contributed by atoms with E-state index in [0.717, 1.165) is 43.7 Å². The zero-order valence-electron chi connectivity index (χ0n) is 16.5. The number of hydrogen-bond donors (Lipinski definition) is 2. The number of carbonyl (C=O) groups is 1. The van der Waals surface area contributed by atoms with Crippen molar-refractivity contribution in [2.75, 3.05) is 19.6 Å². The SMILES string of the molecule is O=C(Cc1ccc(C2CCCCC2)cc1)N1CCc2[nH]cnc2C12CCNC2. The Balaban J connectivity index is 1.32. The molecule has 3 aliphatic rings. The molecule has 1 aromatic heterocycles. The molecular formula is C23H30N4O. The molecule has 1 amide bonds. The summed E-state index contributed by atoms with van der Waals surface area (Å²) in [4.78, 5) is 23.3. The van der Waals surface area contributed by atoms with Crippen molar-refractivity contribution in [3.8, 4) is 0 Å². The first-order valence-electron chi connectivity index (χ1n) is 10.9. The molecule has 2 aliphatic heterocycles. The summed E-state index contributed by atoms with van der Waals surface area (Å²) in [5, 5.41) is 3.46. The van der Waals surface area contributed by atoms with Gasteiger partial charge in [0.25, 0.3) is 0 Å². The van der Waals surface area contributed by atoms with E-state index in [1.165, 1.54) is 43.4 Å². The molecule has 2 N–H and O–H groups in total. The summed E-state index contributed by atoms with van der Waals surface area (Å²) in [6.45, 7) is 2.51. The van der Waals surface area contributed by atoms with Crippen molar-refractivity contribution < 1.29 is 4.79 Å². The summed E-state index contributed by atoms with van der Waals surface area (Å²) in [5.74, 6) is 0.939. The topological polar surface area (TPSA) is 61.0 Å². The Morgan fingerprint density at radius 1 is 1.18 bits per heavy atom. The van der Waals surface area contributed by atoms with Crippen molar-refractivity contribution in [3.63, 3.8) is 0 Å². The van der Waals surface area contributed by atoms with E-state index in [0.29, 0.717) is 12.3 Å². The third-order valence-electron chi connectivity index (χ3n) is 7.11. The second kappa shape index (κ2) is 7.36. The number of fused-ring (bicyclic) bond motifs is 2. The smallest absolute Gasteiger partial charge is 0.227 e. The fraction of sp³-hybridized carbons (Fsp3) is 0.565. The molecule has 148 valence electrons. The maximum atomic E-state index is 13.3. The highest BCUT2D eigenvalue weighted by molar-refractivity contribution is 5.80. The number of amides is 1. The lowest BCUT2D eigenvalue weighted by Gasteiger charge is -2.43. The molecule has 1 saturated carbocycles. The first-order chi connectivity index (χ1) is 13.8. The van der Waals surface area contributed by atoms with Crippen LogP contribution in [0, 0.1) is 0 Å². The summed E-state index contributed by atoms with van der Waals surface area (Å²) in [5.41, 5.74) is 4.58. The van der Waals surface area contributed by atoms with Gasteiger partial charge in [0, 0.05) is 25.2 Å². The Hall–Kier alpha value is -2.14. The summed E-state index contributed by atoms with van der Waals surface area (Å²) in [6, 6.07) is 8.86. The van der Waals surface area contributed by atoms with Crippen LogP contribution in [-0.4, -0.2) is 40.4 Å². The van der Waals surface area contributed by atoms with Crippen molar-refractivity contribution in [2.45, 2.75) is 62.8 Å². The molecule has 1 aromatic carbocycles. The molecule has 1 atom stereocenters. The highest BCUT2D eigenvalue weighted by atomic mass is 16.2. The van der Waals surface area contributed by atoms with Crippen LogP contribution in [0.3, 0.4) is 0 Å². The van der Waals surface area contributed by atoms with Crippen molar-refractivity contribution in [1.82, 2.24) is 20.2 Å². The van der Waals surface area contributed by atoms with Crippen LogP contribution in [0.2, 0.25) is 0 Å². The molecule has 1 aliphatic carbocycles.